The molecular formula is C20H41NO4. The Bertz CT molecular complexity index is 365. The lowest BCUT2D eigenvalue weighted by molar-refractivity contribution is -0.191. The summed E-state index contributed by atoms with van der Waals surface area (Å²) in [7, 11) is 4.17. The van der Waals surface area contributed by atoms with Gasteiger partial charge in [0, 0.05) is 6.61 Å². The highest BCUT2D eigenvalue weighted by atomic mass is 16.8. The van der Waals surface area contributed by atoms with E-state index in [0.29, 0.717) is 13.2 Å². The van der Waals surface area contributed by atoms with Gasteiger partial charge in [-0.15, -0.1) is 0 Å². The molecule has 0 aromatic rings. The quantitative estimate of drug-likeness (QED) is 0.524. The minimum absolute atomic E-state index is 0.0156. The Balaban J connectivity index is 2.80. The average Bonchev–Trinajstić information content (AvgIpc) is 2.82. The van der Waals surface area contributed by atoms with Crippen LogP contribution in [0.15, 0.2) is 0 Å². The molecule has 3 unspecified atom stereocenters. The Kier molecular flexibility index (Phi) is 9.33. The molecule has 0 saturated carbocycles. The maximum absolute atomic E-state index is 6.39. The van der Waals surface area contributed by atoms with Crippen molar-refractivity contribution >= 4 is 0 Å². The van der Waals surface area contributed by atoms with E-state index in [9.17, 15) is 0 Å². The average molecular weight is 360 g/mol. The Labute approximate surface area is 155 Å². The fraction of sp³-hybridized carbons (Fsp3) is 1.00. The van der Waals surface area contributed by atoms with E-state index in [0.717, 1.165) is 32.2 Å². The number of hydrogen-bond donors (Lipinski definition) is 0. The lowest BCUT2D eigenvalue weighted by Crippen LogP contribution is -2.46. The van der Waals surface area contributed by atoms with Crippen molar-refractivity contribution in [2.45, 2.75) is 96.9 Å². The topological polar surface area (TPSA) is 40.2 Å². The summed E-state index contributed by atoms with van der Waals surface area (Å²) < 4.78 is 24.6. The van der Waals surface area contributed by atoms with Gasteiger partial charge < -0.3 is 23.8 Å². The van der Waals surface area contributed by atoms with Gasteiger partial charge >= 0.3 is 0 Å². The summed E-state index contributed by atoms with van der Waals surface area (Å²) in [5.74, 6) is -0.549. The number of ether oxygens (including phenoxy) is 4. The summed E-state index contributed by atoms with van der Waals surface area (Å²) in [5, 5.41) is 0. The van der Waals surface area contributed by atoms with Crippen molar-refractivity contribution in [3.05, 3.63) is 0 Å². The van der Waals surface area contributed by atoms with Gasteiger partial charge in [-0.1, -0.05) is 19.8 Å². The van der Waals surface area contributed by atoms with Crippen LogP contribution in [0.5, 0.6) is 0 Å². The van der Waals surface area contributed by atoms with Crippen LogP contribution in [0.4, 0.5) is 0 Å². The summed E-state index contributed by atoms with van der Waals surface area (Å²) in [4.78, 5) is 2.18. The van der Waals surface area contributed by atoms with Crippen molar-refractivity contribution in [3.63, 3.8) is 0 Å². The molecule has 3 atom stereocenters. The SMILES string of the molecule is CCCCC(OC(C)(C)C)C(OCCCN(C)C)C1COC(C)(C)O1. The fourth-order valence-electron chi connectivity index (χ4n) is 3.08. The minimum Gasteiger partial charge on any atom is -0.373 e. The Morgan fingerprint density at radius 2 is 1.88 bits per heavy atom. The standard InChI is InChI=1S/C20H41NO4/c1-9-10-12-16(24-19(2,3)4)18(22-14-11-13-21(7)8)17-15-23-20(5,6)25-17/h16-18H,9-15H2,1-8H3. The molecule has 1 fully saturated rings. The highest BCUT2D eigenvalue weighted by Crippen LogP contribution is 2.30. The molecule has 0 radical (unpaired) electrons. The second kappa shape index (κ2) is 10.2. The van der Waals surface area contributed by atoms with E-state index in [1.165, 1.54) is 0 Å². The van der Waals surface area contributed by atoms with Gasteiger partial charge in [-0.05, 0) is 68.1 Å². The van der Waals surface area contributed by atoms with Crippen LogP contribution in [0.2, 0.25) is 0 Å². The second-order valence-electron chi connectivity index (χ2n) is 8.77. The van der Waals surface area contributed by atoms with Gasteiger partial charge in [0.05, 0.1) is 18.3 Å². The lowest BCUT2D eigenvalue weighted by Gasteiger charge is -2.36. The molecule has 1 aliphatic heterocycles. The molecule has 1 aliphatic rings. The number of rotatable bonds is 11. The monoisotopic (exact) mass is 359 g/mol. The Morgan fingerprint density at radius 1 is 1.20 bits per heavy atom. The first-order chi connectivity index (χ1) is 11.5. The van der Waals surface area contributed by atoms with Gasteiger partial charge in [-0.2, -0.15) is 0 Å². The summed E-state index contributed by atoms with van der Waals surface area (Å²) in [6.07, 6.45) is 4.07. The molecular weight excluding hydrogens is 318 g/mol. The number of unbranched alkanes of at least 4 members (excludes halogenated alkanes) is 1. The molecule has 150 valence electrons. The van der Waals surface area contributed by atoms with E-state index in [1.807, 2.05) is 13.8 Å². The second-order valence-corrected chi connectivity index (χ2v) is 8.77. The first-order valence-corrected chi connectivity index (χ1v) is 9.80. The Hall–Kier alpha value is -0.200. The van der Waals surface area contributed by atoms with Crippen molar-refractivity contribution in [2.75, 3.05) is 33.9 Å². The molecule has 1 saturated heterocycles. The zero-order valence-electron chi connectivity index (χ0n) is 17.8. The summed E-state index contributed by atoms with van der Waals surface area (Å²) >= 11 is 0. The van der Waals surface area contributed by atoms with Crippen molar-refractivity contribution < 1.29 is 18.9 Å². The first kappa shape index (κ1) is 22.8. The third kappa shape index (κ3) is 9.34. The van der Waals surface area contributed by atoms with Gasteiger partial charge in [0.1, 0.15) is 12.2 Å². The van der Waals surface area contributed by atoms with Gasteiger partial charge in [0.2, 0.25) is 0 Å². The van der Waals surface area contributed by atoms with E-state index >= 15 is 0 Å². The van der Waals surface area contributed by atoms with E-state index in [4.69, 9.17) is 18.9 Å². The van der Waals surface area contributed by atoms with Crippen molar-refractivity contribution in [1.29, 1.82) is 0 Å². The summed E-state index contributed by atoms with van der Waals surface area (Å²) in [6, 6.07) is 0. The molecule has 1 rings (SSSR count). The van der Waals surface area contributed by atoms with Gasteiger partial charge in [0.25, 0.3) is 0 Å². The van der Waals surface area contributed by atoms with Crippen LogP contribution in [-0.2, 0) is 18.9 Å². The predicted octanol–water partition coefficient (Wildman–Crippen LogP) is 3.85. The van der Waals surface area contributed by atoms with Crippen LogP contribution < -0.4 is 0 Å². The molecule has 0 aromatic heterocycles. The van der Waals surface area contributed by atoms with Crippen molar-refractivity contribution in [2.24, 2.45) is 0 Å². The molecule has 0 aromatic carbocycles. The fourth-order valence-corrected chi connectivity index (χ4v) is 3.08. The largest absolute Gasteiger partial charge is 0.373 e. The lowest BCUT2D eigenvalue weighted by atomic mass is 10.0. The normalized spacial score (nSPS) is 23.2. The summed E-state index contributed by atoms with van der Waals surface area (Å²) in [5.41, 5.74) is -0.210. The van der Waals surface area contributed by atoms with Crippen molar-refractivity contribution in [3.8, 4) is 0 Å². The molecule has 1 heterocycles. The molecule has 0 bridgehead atoms. The van der Waals surface area contributed by atoms with E-state index in [2.05, 4.69) is 46.7 Å². The molecule has 0 amide bonds. The third-order valence-electron chi connectivity index (χ3n) is 4.17. The third-order valence-corrected chi connectivity index (χ3v) is 4.17. The van der Waals surface area contributed by atoms with Gasteiger partial charge in [-0.3, -0.25) is 0 Å². The number of hydrogen-bond acceptors (Lipinski definition) is 5. The molecule has 0 aliphatic carbocycles. The zero-order valence-corrected chi connectivity index (χ0v) is 17.8. The van der Waals surface area contributed by atoms with Gasteiger partial charge in [-0.25, -0.2) is 0 Å². The molecule has 5 nitrogen and oxygen atoms in total. The van der Waals surface area contributed by atoms with Crippen LogP contribution in [0.3, 0.4) is 0 Å². The summed E-state index contributed by atoms with van der Waals surface area (Å²) in [6.45, 7) is 14.7. The highest BCUT2D eigenvalue weighted by molar-refractivity contribution is 4.86. The highest BCUT2D eigenvalue weighted by Gasteiger charge is 2.42. The van der Waals surface area contributed by atoms with Crippen LogP contribution >= 0.6 is 0 Å². The molecule has 25 heavy (non-hydrogen) atoms. The van der Waals surface area contributed by atoms with E-state index in [-0.39, 0.29) is 23.9 Å². The molecule has 0 N–H and O–H groups in total. The predicted molar refractivity (Wildman–Crippen MR) is 102 cm³/mol. The van der Waals surface area contributed by atoms with Crippen LogP contribution in [0, 0.1) is 0 Å². The number of nitrogens with zero attached hydrogens (tertiary/aromatic N) is 1. The maximum atomic E-state index is 6.39. The van der Waals surface area contributed by atoms with Crippen LogP contribution in [0.1, 0.15) is 67.2 Å². The first-order valence-electron chi connectivity index (χ1n) is 9.80. The van der Waals surface area contributed by atoms with E-state index in [1.54, 1.807) is 0 Å². The van der Waals surface area contributed by atoms with Crippen LogP contribution in [-0.4, -0.2) is 68.5 Å². The minimum atomic E-state index is -0.549. The molecule has 0 spiro atoms. The van der Waals surface area contributed by atoms with E-state index < -0.39 is 5.79 Å². The van der Waals surface area contributed by atoms with Gasteiger partial charge in [0.15, 0.2) is 5.79 Å². The van der Waals surface area contributed by atoms with Crippen LogP contribution in [0.25, 0.3) is 0 Å². The Morgan fingerprint density at radius 3 is 2.36 bits per heavy atom. The zero-order chi connectivity index (χ0) is 19.1. The smallest absolute Gasteiger partial charge is 0.163 e. The molecule has 5 heteroatoms. The maximum Gasteiger partial charge on any atom is 0.163 e. The van der Waals surface area contributed by atoms with Crippen molar-refractivity contribution in [1.82, 2.24) is 4.90 Å².